The summed E-state index contributed by atoms with van der Waals surface area (Å²) in [7, 11) is 0. The zero-order valence-electron chi connectivity index (χ0n) is 17.6. The highest BCUT2D eigenvalue weighted by Crippen LogP contribution is 2.28. The summed E-state index contributed by atoms with van der Waals surface area (Å²) in [5.74, 6) is 2.21. The molecule has 2 aromatic carbocycles. The third kappa shape index (κ3) is 5.14. The summed E-state index contributed by atoms with van der Waals surface area (Å²) in [6.07, 6.45) is 5.86. The smallest absolute Gasteiger partial charge is 0.251 e. The van der Waals surface area contributed by atoms with Gasteiger partial charge < -0.3 is 9.73 Å². The topological polar surface area (TPSA) is 55.1 Å². The van der Waals surface area contributed by atoms with E-state index >= 15 is 0 Å². The molecular formula is C25H28N2O2S. The van der Waals surface area contributed by atoms with Crippen LogP contribution in [-0.4, -0.2) is 16.9 Å². The molecule has 0 radical (unpaired) electrons. The summed E-state index contributed by atoms with van der Waals surface area (Å²) in [5.41, 5.74) is 3.78. The Hall–Kier alpha value is -2.53. The largest absolute Gasteiger partial charge is 0.441 e. The van der Waals surface area contributed by atoms with Gasteiger partial charge in [-0.3, -0.25) is 4.79 Å². The predicted octanol–water partition coefficient (Wildman–Crippen LogP) is 6.31. The lowest BCUT2D eigenvalue weighted by molar-refractivity contribution is 0.0927. The number of carbonyl (C=O) groups excluding carboxylic acids is 1. The zero-order valence-corrected chi connectivity index (χ0v) is 18.4. The Balaban J connectivity index is 1.39. The van der Waals surface area contributed by atoms with E-state index in [1.165, 1.54) is 29.7 Å². The van der Waals surface area contributed by atoms with Crippen LogP contribution in [0.25, 0.3) is 11.5 Å². The van der Waals surface area contributed by atoms with Gasteiger partial charge in [-0.1, -0.05) is 37.0 Å². The van der Waals surface area contributed by atoms with Gasteiger partial charge in [-0.05, 0) is 63.1 Å². The molecule has 5 heteroatoms. The molecule has 1 N–H and O–H groups in total. The third-order valence-corrected chi connectivity index (χ3v) is 6.65. The van der Waals surface area contributed by atoms with Gasteiger partial charge in [-0.25, -0.2) is 4.98 Å². The van der Waals surface area contributed by atoms with E-state index in [1.807, 2.05) is 31.2 Å². The molecule has 0 aliphatic heterocycles. The van der Waals surface area contributed by atoms with Gasteiger partial charge in [-0.15, -0.1) is 11.8 Å². The minimum atomic E-state index is 0.00669. The molecule has 4 rings (SSSR count). The van der Waals surface area contributed by atoms with Crippen molar-refractivity contribution in [1.82, 2.24) is 10.3 Å². The van der Waals surface area contributed by atoms with Crippen molar-refractivity contribution in [2.75, 3.05) is 0 Å². The number of amides is 1. The summed E-state index contributed by atoms with van der Waals surface area (Å²) in [6, 6.07) is 16.4. The van der Waals surface area contributed by atoms with E-state index in [1.54, 1.807) is 11.8 Å². The van der Waals surface area contributed by atoms with Crippen molar-refractivity contribution in [3.05, 3.63) is 71.1 Å². The van der Waals surface area contributed by atoms with Crippen LogP contribution in [-0.2, 0) is 5.75 Å². The van der Waals surface area contributed by atoms with Gasteiger partial charge in [0.05, 0.1) is 5.69 Å². The van der Waals surface area contributed by atoms with E-state index in [9.17, 15) is 4.79 Å². The van der Waals surface area contributed by atoms with Crippen molar-refractivity contribution in [2.24, 2.45) is 0 Å². The lowest BCUT2D eigenvalue weighted by Gasteiger charge is -2.22. The molecule has 3 aromatic rings. The fraction of sp³-hybridized carbons (Fsp3) is 0.360. The maximum absolute atomic E-state index is 12.5. The van der Waals surface area contributed by atoms with E-state index in [0.717, 1.165) is 35.6 Å². The maximum Gasteiger partial charge on any atom is 0.251 e. The number of aromatic nitrogens is 1. The normalized spacial score (nSPS) is 14.6. The SMILES string of the molecule is Cc1ccc(SCc2nc(-c3ccc(C(=O)NC4CCCCC4)cc3)oc2C)cc1. The number of rotatable bonds is 6. The molecule has 30 heavy (non-hydrogen) atoms. The molecule has 0 unspecified atom stereocenters. The van der Waals surface area contributed by atoms with Crippen LogP contribution in [0.2, 0.25) is 0 Å². The fourth-order valence-corrected chi connectivity index (χ4v) is 4.65. The first-order valence-electron chi connectivity index (χ1n) is 10.7. The first-order valence-corrected chi connectivity index (χ1v) is 11.6. The molecule has 1 aliphatic carbocycles. The molecule has 1 aliphatic rings. The zero-order chi connectivity index (χ0) is 20.9. The molecule has 1 amide bonds. The number of aryl methyl sites for hydroxylation is 2. The monoisotopic (exact) mass is 420 g/mol. The van der Waals surface area contributed by atoms with Gasteiger partial charge in [0.1, 0.15) is 5.76 Å². The van der Waals surface area contributed by atoms with Gasteiger partial charge in [0.25, 0.3) is 5.91 Å². The van der Waals surface area contributed by atoms with Crippen LogP contribution in [0, 0.1) is 13.8 Å². The van der Waals surface area contributed by atoms with E-state index in [2.05, 4.69) is 36.5 Å². The highest BCUT2D eigenvalue weighted by atomic mass is 32.2. The lowest BCUT2D eigenvalue weighted by atomic mass is 9.95. The van der Waals surface area contributed by atoms with Crippen LogP contribution >= 0.6 is 11.8 Å². The van der Waals surface area contributed by atoms with E-state index < -0.39 is 0 Å². The molecular weight excluding hydrogens is 392 g/mol. The summed E-state index contributed by atoms with van der Waals surface area (Å²) in [5, 5.41) is 3.16. The number of hydrogen-bond acceptors (Lipinski definition) is 4. The minimum absolute atomic E-state index is 0.00669. The summed E-state index contributed by atoms with van der Waals surface area (Å²) < 4.78 is 5.91. The molecule has 0 saturated heterocycles. The number of benzene rings is 2. The maximum atomic E-state index is 12.5. The Labute approximate surface area is 182 Å². The second kappa shape index (κ2) is 9.52. The van der Waals surface area contributed by atoms with Crippen LogP contribution in [0.15, 0.2) is 57.8 Å². The van der Waals surface area contributed by atoms with Crippen LogP contribution in [0.1, 0.15) is 59.5 Å². The van der Waals surface area contributed by atoms with Crippen molar-refractivity contribution >= 4 is 17.7 Å². The minimum Gasteiger partial charge on any atom is -0.441 e. The second-order valence-electron chi connectivity index (χ2n) is 8.01. The van der Waals surface area contributed by atoms with Gasteiger partial charge in [-0.2, -0.15) is 0 Å². The predicted molar refractivity (Wildman–Crippen MR) is 122 cm³/mol. The van der Waals surface area contributed by atoms with E-state index in [-0.39, 0.29) is 5.91 Å². The highest BCUT2D eigenvalue weighted by Gasteiger charge is 2.17. The molecule has 156 valence electrons. The second-order valence-corrected chi connectivity index (χ2v) is 9.06. The molecule has 0 bridgehead atoms. The van der Waals surface area contributed by atoms with Gasteiger partial charge >= 0.3 is 0 Å². The average molecular weight is 421 g/mol. The van der Waals surface area contributed by atoms with Crippen molar-refractivity contribution in [2.45, 2.75) is 62.6 Å². The first-order chi connectivity index (χ1) is 14.6. The van der Waals surface area contributed by atoms with E-state index in [0.29, 0.717) is 17.5 Å². The first kappa shape index (κ1) is 20.7. The quantitative estimate of drug-likeness (QED) is 0.475. The highest BCUT2D eigenvalue weighted by molar-refractivity contribution is 7.98. The standard InChI is InChI=1S/C25H28N2O2S/c1-17-8-14-22(15-9-17)30-16-23-18(2)29-25(27-23)20-12-10-19(11-13-20)24(28)26-21-6-4-3-5-7-21/h8-15,21H,3-7,16H2,1-2H3,(H,26,28). The van der Waals surface area contributed by atoms with Crippen molar-refractivity contribution in [3.8, 4) is 11.5 Å². The number of thioether (sulfide) groups is 1. The van der Waals surface area contributed by atoms with Crippen molar-refractivity contribution in [3.63, 3.8) is 0 Å². The van der Waals surface area contributed by atoms with Crippen LogP contribution < -0.4 is 5.32 Å². The Kier molecular flexibility index (Phi) is 6.58. The number of hydrogen-bond donors (Lipinski definition) is 1. The van der Waals surface area contributed by atoms with Crippen LogP contribution in [0.5, 0.6) is 0 Å². The summed E-state index contributed by atoms with van der Waals surface area (Å²) in [6.45, 7) is 4.04. The Morgan fingerprint density at radius 2 is 1.73 bits per heavy atom. The molecule has 1 aromatic heterocycles. The van der Waals surface area contributed by atoms with Crippen LogP contribution in [0.3, 0.4) is 0 Å². The van der Waals surface area contributed by atoms with E-state index in [4.69, 9.17) is 9.40 Å². The van der Waals surface area contributed by atoms with Gasteiger partial charge in [0.15, 0.2) is 0 Å². The van der Waals surface area contributed by atoms with Gasteiger partial charge in [0.2, 0.25) is 5.89 Å². The number of oxazole rings is 1. The lowest BCUT2D eigenvalue weighted by Crippen LogP contribution is -2.36. The molecule has 4 nitrogen and oxygen atoms in total. The number of carbonyl (C=O) groups is 1. The summed E-state index contributed by atoms with van der Waals surface area (Å²) >= 11 is 1.75. The molecule has 1 saturated carbocycles. The van der Waals surface area contributed by atoms with Crippen LogP contribution in [0.4, 0.5) is 0 Å². The molecule has 0 spiro atoms. The Morgan fingerprint density at radius 1 is 1.03 bits per heavy atom. The molecule has 1 fully saturated rings. The molecule has 0 atom stereocenters. The van der Waals surface area contributed by atoms with Crippen molar-refractivity contribution < 1.29 is 9.21 Å². The Morgan fingerprint density at radius 3 is 2.43 bits per heavy atom. The average Bonchev–Trinajstić information content (AvgIpc) is 3.15. The van der Waals surface area contributed by atoms with Crippen molar-refractivity contribution in [1.29, 1.82) is 0 Å². The summed E-state index contributed by atoms with van der Waals surface area (Å²) in [4.78, 5) is 18.4. The molecule has 1 heterocycles. The number of nitrogens with zero attached hydrogens (tertiary/aromatic N) is 1. The Bertz CT molecular complexity index is 987. The number of nitrogens with one attached hydrogen (secondary N) is 1. The van der Waals surface area contributed by atoms with Gasteiger partial charge in [0, 0.05) is 27.8 Å². The fourth-order valence-electron chi connectivity index (χ4n) is 3.75. The third-order valence-electron chi connectivity index (χ3n) is 5.62.